The molecule has 0 fully saturated rings. The van der Waals surface area contributed by atoms with Gasteiger partial charge >= 0.3 is 0 Å². The first kappa shape index (κ1) is 18.7. The first-order valence-corrected chi connectivity index (χ1v) is 10.1. The van der Waals surface area contributed by atoms with Crippen LogP contribution in [0.25, 0.3) is 0 Å². The summed E-state index contributed by atoms with van der Waals surface area (Å²) in [5.74, 6) is 2.63. The molecule has 0 unspecified atom stereocenters. The quantitative estimate of drug-likeness (QED) is 0.398. The molecule has 26 heavy (non-hydrogen) atoms. The summed E-state index contributed by atoms with van der Waals surface area (Å²) in [4.78, 5) is 32.5. The molecule has 2 aromatic rings. The van der Waals surface area contributed by atoms with E-state index in [-0.39, 0.29) is 30.2 Å². The van der Waals surface area contributed by atoms with E-state index in [0.29, 0.717) is 16.4 Å². The molecular weight excluding hydrogens is 370 g/mol. The van der Waals surface area contributed by atoms with Crippen molar-refractivity contribution in [3.05, 3.63) is 37.6 Å². The lowest BCUT2D eigenvalue weighted by atomic mass is 10.1. The van der Waals surface area contributed by atoms with Gasteiger partial charge in [-0.3, -0.25) is 9.59 Å². The van der Waals surface area contributed by atoms with Gasteiger partial charge in [-0.25, -0.2) is 4.98 Å². The van der Waals surface area contributed by atoms with Gasteiger partial charge in [0.15, 0.2) is 5.16 Å². The lowest BCUT2D eigenvalue weighted by Crippen LogP contribution is -2.19. The number of amides is 1. The van der Waals surface area contributed by atoms with Gasteiger partial charge in [-0.1, -0.05) is 17.7 Å². The number of aliphatic hydroxyl groups excluding tert-OH is 1. The average Bonchev–Trinajstić information content (AvgIpc) is 3.16. The van der Waals surface area contributed by atoms with E-state index in [1.807, 2.05) is 0 Å². The van der Waals surface area contributed by atoms with Gasteiger partial charge in [-0.2, -0.15) is 0 Å². The molecule has 2 heterocycles. The van der Waals surface area contributed by atoms with Gasteiger partial charge in [0.25, 0.3) is 5.56 Å². The standard InChI is InChI=1S/C18H19N3O3S2/c1-3-11-13-5-4-6-14(13)26-17(11)20-15(23)9-25-18-19-10(2)12(7-8-22)16(24)21-18/h1,22H,4-9H2,2H3,(H,20,23)(H,19,21,24). The summed E-state index contributed by atoms with van der Waals surface area (Å²) in [6, 6.07) is 0. The average molecular weight is 390 g/mol. The lowest BCUT2D eigenvalue weighted by molar-refractivity contribution is -0.113. The number of anilines is 1. The summed E-state index contributed by atoms with van der Waals surface area (Å²) in [6.45, 7) is 1.61. The van der Waals surface area contributed by atoms with E-state index in [1.54, 1.807) is 18.3 Å². The summed E-state index contributed by atoms with van der Waals surface area (Å²) in [5, 5.41) is 13.0. The number of hydrogen-bond donors (Lipinski definition) is 3. The molecule has 2 aromatic heterocycles. The van der Waals surface area contributed by atoms with E-state index < -0.39 is 0 Å². The zero-order chi connectivity index (χ0) is 18.7. The topological polar surface area (TPSA) is 95.1 Å². The fraction of sp³-hybridized carbons (Fsp3) is 0.389. The van der Waals surface area contributed by atoms with Gasteiger partial charge in [0.05, 0.1) is 11.3 Å². The summed E-state index contributed by atoms with van der Waals surface area (Å²) < 4.78 is 0. The summed E-state index contributed by atoms with van der Waals surface area (Å²) in [7, 11) is 0. The molecule has 1 aliphatic carbocycles. The van der Waals surface area contributed by atoms with Crippen molar-refractivity contribution in [1.82, 2.24) is 9.97 Å². The molecule has 0 aromatic carbocycles. The van der Waals surface area contributed by atoms with E-state index >= 15 is 0 Å². The summed E-state index contributed by atoms with van der Waals surface area (Å²) >= 11 is 2.71. The Bertz CT molecular complexity index is 940. The van der Waals surface area contributed by atoms with Crippen LogP contribution in [0.5, 0.6) is 0 Å². The number of aryl methyl sites for hydroxylation is 2. The molecule has 136 valence electrons. The number of aliphatic hydroxyl groups is 1. The Morgan fingerprint density at radius 3 is 3.00 bits per heavy atom. The summed E-state index contributed by atoms with van der Waals surface area (Å²) in [6.07, 6.45) is 8.98. The van der Waals surface area contributed by atoms with Crippen molar-refractivity contribution in [3.63, 3.8) is 0 Å². The minimum atomic E-state index is -0.279. The fourth-order valence-electron chi connectivity index (χ4n) is 3.00. The minimum Gasteiger partial charge on any atom is -0.396 e. The zero-order valence-corrected chi connectivity index (χ0v) is 16.0. The Labute approximate surface area is 159 Å². The van der Waals surface area contributed by atoms with Crippen LogP contribution in [0.3, 0.4) is 0 Å². The third kappa shape index (κ3) is 3.85. The number of rotatable bonds is 6. The Morgan fingerprint density at radius 1 is 1.50 bits per heavy atom. The highest BCUT2D eigenvalue weighted by Crippen LogP contribution is 2.38. The number of terminal acetylenes is 1. The molecule has 3 rings (SSSR count). The second kappa shape index (κ2) is 8.08. The second-order valence-electron chi connectivity index (χ2n) is 5.95. The third-order valence-corrected chi connectivity index (χ3v) is 6.30. The molecule has 3 N–H and O–H groups in total. The fourth-order valence-corrected chi connectivity index (χ4v) is 4.98. The van der Waals surface area contributed by atoms with Gasteiger partial charge in [0, 0.05) is 29.2 Å². The van der Waals surface area contributed by atoms with Gasteiger partial charge < -0.3 is 15.4 Å². The zero-order valence-electron chi connectivity index (χ0n) is 14.3. The summed E-state index contributed by atoms with van der Waals surface area (Å²) in [5.41, 5.74) is 2.75. The van der Waals surface area contributed by atoms with Crippen LogP contribution >= 0.6 is 23.1 Å². The molecule has 0 atom stereocenters. The number of nitrogens with zero attached hydrogens (tertiary/aromatic N) is 1. The number of carbonyl (C=O) groups excluding carboxylic acids is 1. The molecular formula is C18H19N3O3S2. The first-order chi connectivity index (χ1) is 12.5. The van der Waals surface area contributed by atoms with E-state index in [2.05, 4.69) is 21.2 Å². The van der Waals surface area contributed by atoms with Crippen LogP contribution in [0.1, 0.15) is 33.7 Å². The minimum absolute atomic E-state index is 0.108. The maximum atomic E-state index is 12.3. The molecule has 0 aliphatic heterocycles. The van der Waals surface area contributed by atoms with Gasteiger partial charge in [0.1, 0.15) is 5.00 Å². The van der Waals surface area contributed by atoms with Crippen molar-refractivity contribution >= 4 is 34.0 Å². The number of hydrogen-bond acceptors (Lipinski definition) is 6. The lowest BCUT2D eigenvalue weighted by Gasteiger charge is -2.07. The molecule has 0 bridgehead atoms. The van der Waals surface area contributed by atoms with Crippen molar-refractivity contribution in [1.29, 1.82) is 0 Å². The third-order valence-electron chi connectivity index (χ3n) is 4.22. The number of nitrogens with one attached hydrogen (secondary N) is 2. The van der Waals surface area contributed by atoms with Crippen molar-refractivity contribution in [2.75, 3.05) is 17.7 Å². The van der Waals surface area contributed by atoms with Crippen LogP contribution in [-0.2, 0) is 24.1 Å². The van der Waals surface area contributed by atoms with E-state index in [1.165, 1.54) is 10.4 Å². The van der Waals surface area contributed by atoms with E-state index in [4.69, 9.17) is 11.5 Å². The molecule has 1 amide bonds. The van der Waals surface area contributed by atoms with Crippen LogP contribution in [0.15, 0.2) is 9.95 Å². The van der Waals surface area contributed by atoms with Gasteiger partial charge in [0.2, 0.25) is 5.91 Å². The van der Waals surface area contributed by atoms with Crippen molar-refractivity contribution in [2.24, 2.45) is 0 Å². The SMILES string of the molecule is C#Cc1c(NC(=O)CSc2nc(C)c(CCO)c(=O)[nH]2)sc2c1CCC2. The molecule has 0 radical (unpaired) electrons. The van der Waals surface area contributed by atoms with Gasteiger partial charge in [-0.15, -0.1) is 17.8 Å². The van der Waals surface area contributed by atoms with Crippen molar-refractivity contribution in [2.45, 2.75) is 37.8 Å². The van der Waals surface area contributed by atoms with Crippen LogP contribution in [0.2, 0.25) is 0 Å². The van der Waals surface area contributed by atoms with Crippen LogP contribution < -0.4 is 10.9 Å². The second-order valence-corrected chi connectivity index (χ2v) is 8.02. The van der Waals surface area contributed by atoms with Gasteiger partial charge in [-0.05, 0) is 31.7 Å². The van der Waals surface area contributed by atoms with E-state index in [9.17, 15) is 9.59 Å². The Morgan fingerprint density at radius 2 is 2.31 bits per heavy atom. The number of H-pyrrole nitrogens is 1. The molecule has 8 heteroatoms. The van der Waals surface area contributed by atoms with Crippen LogP contribution in [0, 0.1) is 19.3 Å². The highest BCUT2D eigenvalue weighted by atomic mass is 32.2. The van der Waals surface area contributed by atoms with Crippen molar-refractivity contribution in [3.8, 4) is 12.3 Å². The van der Waals surface area contributed by atoms with Crippen LogP contribution in [0.4, 0.5) is 5.00 Å². The smallest absolute Gasteiger partial charge is 0.255 e. The van der Waals surface area contributed by atoms with Crippen LogP contribution in [-0.4, -0.2) is 33.3 Å². The number of carbonyl (C=O) groups is 1. The molecule has 1 aliphatic rings. The highest BCUT2D eigenvalue weighted by Gasteiger charge is 2.22. The van der Waals surface area contributed by atoms with Crippen molar-refractivity contribution < 1.29 is 9.90 Å². The molecule has 0 spiro atoms. The molecule has 0 saturated heterocycles. The highest BCUT2D eigenvalue weighted by molar-refractivity contribution is 7.99. The monoisotopic (exact) mass is 389 g/mol. The molecule has 0 saturated carbocycles. The molecule has 6 nitrogen and oxygen atoms in total. The van der Waals surface area contributed by atoms with E-state index in [0.717, 1.165) is 41.6 Å². The predicted molar refractivity (Wildman–Crippen MR) is 104 cm³/mol. The Balaban J connectivity index is 1.65. The Kier molecular flexibility index (Phi) is 5.81. The predicted octanol–water partition coefficient (Wildman–Crippen LogP) is 1.88. The maximum absolute atomic E-state index is 12.3. The maximum Gasteiger partial charge on any atom is 0.255 e. The largest absolute Gasteiger partial charge is 0.396 e. The number of aromatic amines is 1. The number of aromatic nitrogens is 2. The number of thiophene rings is 1. The number of fused-ring (bicyclic) bond motifs is 1. The first-order valence-electron chi connectivity index (χ1n) is 8.28. The number of thioether (sulfide) groups is 1. The normalized spacial score (nSPS) is 12.7. The Hall–Kier alpha value is -2.08.